The monoisotopic (exact) mass is 509 g/mol. The third kappa shape index (κ3) is 8.14. The van der Waals surface area contributed by atoms with E-state index in [2.05, 4.69) is 59.7 Å². The van der Waals surface area contributed by atoms with Crippen LogP contribution in [0.2, 0.25) is 0 Å². The Kier molecular flexibility index (Phi) is 10.7. The number of guanidine groups is 1. The number of aromatic nitrogens is 2. The van der Waals surface area contributed by atoms with Gasteiger partial charge >= 0.3 is 0 Å². The molecule has 1 aromatic carbocycles. The lowest BCUT2D eigenvalue weighted by Crippen LogP contribution is -2.47. The normalized spacial score (nSPS) is 14.9. The van der Waals surface area contributed by atoms with Crippen LogP contribution in [-0.4, -0.2) is 73.7 Å². The van der Waals surface area contributed by atoms with Gasteiger partial charge in [0.25, 0.3) is 0 Å². The maximum absolute atomic E-state index is 4.34. The fourth-order valence-electron chi connectivity index (χ4n) is 3.33. The van der Waals surface area contributed by atoms with Crippen LogP contribution >= 0.6 is 24.0 Å². The average Bonchev–Trinajstić information content (AvgIpc) is 2.77. The fraction of sp³-hybridized carbons (Fsp3) is 0.476. The molecule has 2 aromatic rings. The van der Waals surface area contributed by atoms with E-state index in [0.29, 0.717) is 0 Å². The van der Waals surface area contributed by atoms with Gasteiger partial charge < -0.3 is 15.5 Å². The molecular weight excluding hydrogens is 477 g/mol. The molecule has 8 heteroatoms. The number of hydrogen-bond donors (Lipinski definition) is 2. The molecule has 1 aliphatic heterocycles. The molecule has 0 spiro atoms. The van der Waals surface area contributed by atoms with Crippen LogP contribution in [0.1, 0.15) is 12.0 Å². The molecule has 1 aliphatic rings. The van der Waals surface area contributed by atoms with Gasteiger partial charge in [0.1, 0.15) is 0 Å². The van der Waals surface area contributed by atoms with Crippen LogP contribution in [0.5, 0.6) is 0 Å². The van der Waals surface area contributed by atoms with Crippen molar-refractivity contribution in [1.29, 1.82) is 0 Å². The van der Waals surface area contributed by atoms with Crippen molar-refractivity contribution in [1.82, 2.24) is 25.5 Å². The maximum atomic E-state index is 4.34. The molecule has 1 aromatic heterocycles. The van der Waals surface area contributed by atoms with Crippen molar-refractivity contribution in [3.05, 3.63) is 54.4 Å². The van der Waals surface area contributed by atoms with Gasteiger partial charge in [0, 0.05) is 58.7 Å². The van der Waals surface area contributed by atoms with Crippen LogP contribution in [-0.2, 0) is 6.42 Å². The SMILES string of the molecule is CN=C(NCCCN1CCN(c2ncccn2)CC1)NCCc1ccccc1.I. The molecule has 3 rings (SSSR count). The topological polar surface area (TPSA) is 68.7 Å². The van der Waals surface area contributed by atoms with Gasteiger partial charge in [0.2, 0.25) is 5.95 Å². The summed E-state index contributed by atoms with van der Waals surface area (Å²) >= 11 is 0. The molecule has 0 saturated carbocycles. The van der Waals surface area contributed by atoms with Crippen LogP contribution < -0.4 is 15.5 Å². The zero-order chi connectivity index (χ0) is 19.4. The van der Waals surface area contributed by atoms with Crippen molar-refractivity contribution in [3.63, 3.8) is 0 Å². The summed E-state index contributed by atoms with van der Waals surface area (Å²) in [5.41, 5.74) is 1.34. The summed E-state index contributed by atoms with van der Waals surface area (Å²) in [5.74, 6) is 1.72. The van der Waals surface area contributed by atoms with E-state index in [1.807, 2.05) is 19.2 Å². The minimum absolute atomic E-state index is 0. The van der Waals surface area contributed by atoms with E-state index in [1.165, 1.54) is 5.56 Å². The van der Waals surface area contributed by atoms with E-state index in [4.69, 9.17) is 0 Å². The first-order valence-electron chi connectivity index (χ1n) is 10.1. The second kappa shape index (κ2) is 13.3. The Morgan fingerprint density at radius 3 is 2.34 bits per heavy atom. The molecule has 0 radical (unpaired) electrons. The number of nitrogens with zero attached hydrogens (tertiary/aromatic N) is 5. The summed E-state index contributed by atoms with van der Waals surface area (Å²) < 4.78 is 0. The third-order valence-electron chi connectivity index (χ3n) is 4.92. The van der Waals surface area contributed by atoms with Gasteiger partial charge in [-0.15, -0.1) is 24.0 Å². The molecule has 0 aliphatic carbocycles. The number of hydrogen-bond acceptors (Lipinski definition) is 5. The van der Waals surface area contributed by atoms with Crippen LogP contribution in [0.4, 0.5) is 5.95 Å². The van der Waals surface area contributed by atoms with E-state index in [1.54, 1.807) is 12.4 Å². The second-order valence-corrected chi connectivity index (χ2v) is 6.89. The van der Waals surface area contributed by atoms with Gasteiger partial charge in [-0.2, -0.15) is 0 Å². The second-order valence-electron chi connectivity index (χ2n) is 6.89. The summed E-state index contributed by atoms with van der Waals surface area (Å²) in [6, 6.07) is 12.4. The van der Waals surface area contributed by atoms with Crippen molar-refractivity contribution in [2.75, 3.05) is 57.8 Å². The Bertz CT molecular complexity index is 703. The standard InChI is InChI=1S/C21H31N7.HI/c1-22-20(24-13-9-19-7-3-2-4-8-19)23-12-6-14-27-15-17-28(18-16-27)21-25-10-5-11-26-21;/h2-5,7-8,10-11H,6,9,12-18H2,1H3,(H2,22,23,24);1H. The quantitative estimate of drug-likeness (QED) is 0.246. The third-order valence-corrected chi connectivity index (χ3v) is 4.92. The van der Waals surface area contributed by atoms with Gasteiger partial charge in [-0.25, -0.2) is 9.97 Å². The number of benzene rings is 1. The first-order chi connectivity index (χ1) is 13.8. The van der Waals surface area contributed by atoms with Gasteiger partial charge in [-0.05, 0) is 31.0 Å². The zero-order valence-corrected chi connectivity index (χ0v) is 19.5. The lowest BCUT2D eigenvalue weighted by atomic mass is 10.1. The van der Waals surface area contributed by atoms with Crippen LogP contribution in [0.25, 0.3) is 0 Å². The van der Waals surface area contributed by atoms with Gasteiger partial charge in [0.15, 0.2) is 5.96 Å². The molecular formula is C21H32IN7. The van der Waals surface area contributed by atoms with E-state index in [-0.39, 0.29) is 24.0 Å². The number of anilines is 1. The van der Waals surface area contributed by atoms with E-state index < -0.39 is 0 Å². The number of rotatable bonds is 8. The lowest BCUT2D eigenvalue weighted by molar-refractivity contribution is 0.254. The largest absolute Gasteiger partial charge is 0.356 e. The number of piperazine rings is 1. The predicted molar refractivity (Wildman–Crippen MR) is 130 cm³/mol. The molecule has 158 valence electrons. The summed E-state index contributed by atoms with van der Waals surface area (Å²) in [6.45, 7) is 6.99. The fourth-order valence-corrected chi connectivity index (χ4v) is 3.33. The molecule has 0 bridgehead atoms. The molecule has 1 fully saturated rings. The first-order valence-corrected chi connectivity index (χ1v) is 10.1. The zero-order valence-electron chi connectivity index (χ0n) is 17.1. The summed E-state index contributed by atoms with van der Waals surface area (Å²) in [7, 11) is 1.82. The Labute approximate surface area is 191 Å². The van der Waals surface area contributed by atoms with Crippen LogP contribution in [0.15, 0.2) is 53.8 Å². The highest BCUT2D eigenvalue weighted by atomic mass is 127. The maximum Gasteiger partial charge on any atom is 0.225 e. The first kappa shape index (κ1) is 23.3. The minimum Gasteiger partial charge on any atom is -0.356 e. The molecule has 2 N–H and O–H groups in total. The highest BCUT2D eigenvalue weighted by Gasteiger charge is 2.18. The summed E-state index contributed by atoms with van der Waals surface area (Å²) in [4.78, 5) is 17.8. The molecule has 0 atom stereocenters. The number of halogens is 1. The molecule has 2 heterocycles. The predicted octanol–water partition coefficient (Wildman–Crippen LogP) is 2.01. The number of nitrogens with one attached hydrogen (secondary N) is 2. The van der Waals surface area contributed by atoms with Crippen molar-refractivity contribution < 1.29 is 0 Å². The van der Waals surface area contributed by atoms with Crippen LogP contribution in [0.3, 0.4) is 0 Å². The Hall–Kier alpha value is -1.94. The van der Waals surface area contributed by atoms with E-state index in [9.17, 15) is 0 Å². The van der Waals surface area contributed by atoms with Crippen LogP contribution in [0, 0.1) is 0 Å². The van der Waals surface area contributed by atoms with E-state index in [0.717, 1.165) is 70.6 Å². The average molecular weight is 509 g/mol. The van der Waals surface area contributed by atoms with Crippen molar-refractivity contribution in [3.8, 4) is 0 Å². The molecule has 1 saturated heterocycles. The molecule has 7 nitrogen and oxygen atoms in total. The van der Waals surface area contributed by atoms with Crippen molar-refractivity contribution >= 4 is 35.9 Å². The minimum atomic E-state index is 0. The molecule has 29 heavy (non-hydrogen) atoms. The smallest absolute Gasteiger partial charge is 0.225 e. The van der Waals surface area contributed by atoms with Gasteiger partial charge in [-0.1, -0.05) is 30.3 Å². The Morgan fingerprint density at radius 2 is 1.66 bits per heavy atom. The summed E-state index contributed by atoms with van der Waals surface area (Å²) in [6.07, 6.45) is 5.71. The van der Waals surface area contributed by atoms with E-state index >= 15 is 0 Å². The van der Waals surface area contributed by atoms with Crippen molar-refractivity contribution in [2.24, 2.45) is 4.99 Å². The number of aliphatic imine (C=N–C) groups is 1. The highest BCUT2D eigenvalue weighted by Crippen LogP contribution is 2.09. The Balaban J connectivity index is 0.00000300. The Morgan fingerprint density at radius 1 is 0.966 bits per heavy atom. The molecule has 0 amide bonds. The highest BCUT2D eigenvalue weighted by molar-refractivity contribution is 14.0. The molecule has 0 unspecified atom stereocenters. The van der Waals surface area contributed by atoms with Gasteiger partial charge in [-0.3, -0.25) is 9.89 Å². The lowest BCUT2D eigenvalue weighted by Gasteiger charge is -2.34. The summed E-state index contributed by atoms with van der Waals surface area (Å²) in [5, 5.41) is 6.80. The van der Waals surface area contributed by atoms with Crippen molar-refractivity contribution in [2.45, 2.75) is 12.8 Å². The van der Waals surface area contributed by atoms with Gasteiger partial charge in [0.05, 0.1) is 0 Å².